The van der Waals surface area contributed by atoms with Crippen molar-refractivity contribution < 1.29 is 9.13 Å². The maximum absolute atomic E-state index is 11.5. The molecule has 0 fully saturated rings. The fourth-order valence-corrected chi connectivity index (χ4v) is 0.890. The molecule has 0 aromatic carbocycles. The fourth-order valence-electron chi connectivity index (χ4n) is 0.890. The van der Waals surface area contributed by atoms with Crippen LogP contribution in [-0.4, -0.2) is 19.9 Å². The normalized spacial score (nSPS) is 10.4. The van der Waals surface area contributed by atoms with Gasteiger partial charge < -0.3 is 4.74 Å². The molecule has 1 nitrogen and oxygen atoms in total. The predicted octanol–water partition coefficient (Wildman–Crippen LogP) is 2.94. The van der Waals surface area contributed by atoms with Crippen molar-refractivity contribution in [3.8, 4) is 0 Å². The van der Waals surface area contributed by atoms with Gasteiger partial charge >= 0.3 is 0 Å². The molecule has 11 heavy (non-hydrogen) atoms. The molecule has 0 rings (SSSR count). The molecule has 0 amide bonds. The largest absolute Gasteiger partial charge is 0.381 e. The number of unbranched alkanes of at least 4 members (excludes halogenated alkanes) is 3. The zero-order valence-electron chi connectivity index (χ0n) is 7.44. The van der Waals surface area contributed by atoms with Gasteiger partial charge in [0, 0.05) is 13.2 Å². The third-order valence-corrected chi connectivity index (χ3v) is 1.56. The van der Waals surface area contributed by atoms with Gasteiger partial charge in [0.15, 0.2) is 0 Å². The summed E-state index contributed by atoms with van der Waals surface area (Å²) >= 11 is 0. The third kappa shape index (κ3) is 9.89. The number of alkyl halides is 1. The molecule has 68 valence electrons. The molecule has 0 heterocycles. The topological polar surface area (TPSA) is 9.23 Å². The molecule has 0 saturated heterocycles. The second-order valence-electron chi connectivity index (χ2n) is 2.72. The molecule has 0 aliphatic heterocycles. The van der Waals surface area contributed by atoms with Crippen molar-refractivity contribution in [1.82, 2.24) is 0 Å². The highest BCUT2D eigenvalue weighted by Crippen LogP contribution is 1.98. The Labute approximate surface area is 68.9 Å². The zero-order chi connectivity index (χ0) is 8.36. The lowest BCUT2D eigenvalue weighted by molar-refractivity contribution is 0.122. The lowest BCUT2D eigenvalue weighted by atomic mass is 10.2. The SMILES string of the molecule is CCCCCCOCCCF. The van der Waals surface area contributed by atoms with E-state index in [0.717, 1.165) is 13.0 Å². The Morgan fingerprint density at radius 3 is 2.36 bits per heavy atom. The quantitative estimate of drug-likeness (QED) is 0.499. The van der Waals surface area contributed by atoms with Crippen LogP contribution >= 0.6 is 0 Å². The summed E-state index contributed by atoms with van der Waals surface area (Å²) in [6.07, 6.45) is 5.46. The molecule has 0 radical (unpaired) electrons. The van der Waals surface area contributed by atoms with Crippen LogP contribution < -0.4 is 0 Å². The van der Waals surface area contributed by atoms with Crippen LogP contribution in [-0.2, 0) is 4.74 Å². The summed E-state index contributed by atoms with van der Waals surface area (Å²) in [7, 11) is 0. The molecule has 0 saturated carbocycles. The molecular weight excluding hydrogens is 143 g/mol. The van der Waals surface area contributed by atoms with Crippen LogP contribution in [0.4, 0.5) is 4.39 Å². The first-order valence-electron chi connectivity index (χ1n) is 4.55. The molecule has 0 aliphatic carbocycles. The summed E-state index contributed by atoms with van der Waals surface area (Å²) in [5, 5.41) is 0. The van der Waals surface area contributed by atoms with E-state index < -0.39 is 0 Å². The van der Waals surface area contributed by atoms with Crippen molar-refractivity contribution in [2.75, 3.05) is 19.9 Å². The Balaban J connectivity index is 2.69. The molecule has 0 unspecified atom stereocenters. The lowest BCUT2D eigenvalue weighted by Crippen LogP contribution is -1.97. The average molecular weight is 162 g/mol. The number of hydrogen-bond acceptors (Lipinski definition) is 1. The molecule has 2 heteroatoms. The minimum atomic E-state index is -0.255. The Kier molecular flexibility index (Phi) is 9.79. The maximum Gasteiger partial charge on any atom is 0.0916 e. The van der Waals surface area contributed by atoms with E-state index >= 15 is 0 Å². The van der Waals surface area contributed by atoms with E-state index in [0.29, 0.717) is 13.0 Å². The maximum atomic E-state index is 11.5. The van der Waals surface area contributed by atoms with Gasteiger partial charge in [-0.15, -0.1) is 0 Å². The first kappa shape index (κ1) is 10.9. The van der Waals surface area contributed by atoms with Gasteiger partial charge in [-0.1, -0.05) is 26.2 Å². The molecule has 0 spiro atoms. The van der Waals surface area contributed by atoms with Crippen molar-refractivity contribution in [3.63, 3.8) is 0 Å². The third-order valence-electron chi connectivity index (χ3n) is 1.56. The first-order chi connectivity index (χ1) is 5.41. The van der Waals surface area contributed by atoms with Crippen molar-refractivity contribution in [2.24, 2.45) is 0 Å². The summed E-state index contributed by atoms with van der Waals surface area (Å²) in [4.78, 5) is 0. The van der Waals surface area contributed by atoms with Crippen LogP contribution in [0.25, 0.3) is 0 Å². The molecule has 0 bridgehead atoms. The Morgan fingerprint density at radius 2 is 1.73 bits per heavy atom. The van der Waals surface area contributed by atoms with Gasteiger partial charge in [-0.3, -0.25) is 4.39 Å². The first-order valence-corrected chi connectivity index (χ1v) is 4.55. The minimum Gasteiger partial charge on any atom is -0.381 e. The zero-order valence-corrected chi connectivity index (χ0v) is 7.44. The van der Waals surface area contributed by atoms with E-state index in [-0.39, 0.29) is 6.67 Å². The van der Waals surface area contributed by atoms with Gasteiger partial charge in [-0.2, -0.15) is 0 Å². The van der Waals surface area contributed by atoms with Crippen LogP contribution in [0.5, 0.6) is 0 Å². The second kappa shape index (κ2) is 9.89. The molecular formula is C9H19FO. The van der Waals surface area contributed by atoms with Crippen molar-refractivity contribution in [2.45, 2.75) is 39.0 Å². The summed E-state index contributed by atoms with van der Waals surface area (Å²) in [5.41, 5.74) is 0. The average Bonchev–Trinajstić information content (AvgIpc) is 2.03. The molecule has 0 aromatic rings. The molecule has 0 atom stereocenters. The highest BCUT2D eigenvalue weighted by Gasteiger charge is 1.88. The lowest BCUT2D eigenvalue weighted by Gasteiger charge is -2.01. The van der Waals surface area contributed by atoms with Crippen molar-refractivity contribution in [3.05, 3.63) is 0 Å². The predicted molar refractivity (Wildman–Crippen MR) is 45.6 cm³/mol. The van der Waals surface area contributed by atoms with Gasteiger partial charge in [-0.05, 0) is 12.8 Å². The van der Waals surface area contributed by atoms with Gasteiger partial charge in [-0.25, -0.2) is 0 Å². The Morgan fingerprint density at radius 1 is 1.00 bits per heavy atom. The molecule has 0 N–H and O–H groups in total. The standard InChI is InChI=1S/C9H19FO/c1-2-3-4-5-8-11-9-6-7-10/h2-9H2,1H3. The van der Waals surface area contributed by atoms with Crippen LogP contribution in [0.2, 0.25) is 0 Å². The second-order valence-corrected chi connectivity index (χ2v) is 2.72. The van der Waals surface area contributed by atoms with Crippen LogP contribution in [0, 0.1) is 0 Å². The summed E-state index contributed by atoms with van der Waals surface area (Å²) < 4.78 is 16.7. The summed E-state index contributed by atoms with van der Waals surface area (Å²) in [6, 6.07) is 0. The Hall–Kier alpha value is -0.110. The fraction of sp³-hybridized carbons (Fsp3) is 1.00. The summed E-state index contributed by atoms with van der Waals surface area (Å²) in [6.45, 7) is 3.32. The van der Waals surface area contributed by atoms with Gasteiger partial charge in [0.2, 0.25) is 0 Å². The van der Waals surface area contributed by atoms with E-state index in [1.165, 1.54) is 19.3 Å². The van der Waals surface area contributed by atoms with Gasteiger partial charge in [0.05, 0.1) is 6.67 Å². The van der Waals surface area contributed by atoms with E-state index in [4.69, 9.17) is 4.74 Å². The monoisotopic (exact) mass is 162 g/mol. The summed E-state index contributed by atoms with van der Waals surface area (Å²) in [5.74, 6) is 0. The molecule has 0 aliphatic rings. The number of halogens is 1. The number of ether oxygens (including phenoxy) is 1. The van der Waals surface area contributed by atoms with Crippen molar-refractivity contribution in [1.29, 1.82) is 0 Å². The Bertz CT molecular complexity index is 58.6. The van der Waals surface area contributed by atoms with Crippen molar-refractivity contribution >= 4 is 0 Å². The highest BCUT2D eigenvalue weighted by atomic mass is 19.1. The van der Waals surface area contributed by atoms with Gasteiger partial charge in [0.25, 0.3) is 0 Å². The number of hydrogen-bond donors (Lipinski definition) is 0. The highest BCUT2D eigenvalue weighted by molar-refractivity contribution is 4.39. The van der Waals surface area contributed by atoms with Crippen LogP contribution in [0.15, 0.2) is 0 Å². The van der Waals surface area contributed by atoms with E-state index in [9.17, 15) is 4.39 Å². The van der Waals surface area contributed by atoms with Crippen LogP contribution in [0.3, 0.4) is 0 Å². The van der Waals surface area contributed by atoms with E-state index in [1.54, 1.807) is 0 Å². The molecule has 0 aromatic heterocycles. The van der Waals surface area contributed by atoms with E-state index in [1.807, 2.05) is 0 Å². The number of rotatable bonds is 8. The smallest absolute Gasteiger partial charge is 0.0916 e. The van der Waals surface area contributed by atoms with E-state index in [2.05, 4.69) is 6.92 Å². The minimum absolute atomic E-state index is 0.255. The van der Waals surface area contributed by atoms with Gasteiger partial charge in [0.1, 0.15) is 0 Å². The van der Waals surface area contributed by atoms with Crippen LogP contribution in [0.1, 0.15) is 39.0 Å².